The van der Waals surface area contributed by atoms with Gasteiger partial charge in [0.15, 0.2) is 0 Å². The summed E-state index contributed by atoms with van der Waals surface area (Å²) >= 11 is 5.64. The molecule has 7 heteroatoms. The number of benzene rings is 1. The molecule has 0 spiro atoms. The highest BCUT2D eigenvalue weighted by Gasteiger charge is 2.41. The second-order valence-electron chi connectivity index (χ2n) is 6.38. The van der Waals surface area contributed by atoms with Crippen LogP contribution in [0.25, 0.3) is 0 Å². The van der Waals surface area contributed by atoms with Crippen molar-refractivity contribution in [3.63, 3.8) is 0 Å². The Labute approximate surface area is 152 Å². The number of nitrogens with zero attached hydrogens (tertiary/aromatic N) is 3. The quantitative estimate of drug-likeness (QED) is 0.596. The third-order valence-electron chi connectivity index (χ3n) is 4.79. The molecule has 0 N–H and O–H groups in total. The maximum absolute atomic E-state index is 12.7. The monoisotopic (exact) mass is 363 g/mol. The number of imide groups is 1. The van der Waals surface area contributed by atoms with Gasteiger partial charge >= 0.3 is 6.03 Å². The zero-order valence-electron chi connectivity index (χ0n) is 14.1. The van der Waals surface area contributed by atoms with Crippen molar-refractivity contribution >= 4 is 35.1 Å². The number of carbonyl (C=O) groups is 3. The summed E-state index contributed by atoms with van der Waals surface area (Å²) in [6, 6.07) is 8.73. The lowest BCUT2D eigenvalue weighted by molar-refractivity contribution is -0.132. The van der Waals surface area contributed by atoms with Crippen LogP contribution in [0.4, 0.5) is 10.5 Å². The maximum atomic E-state index is 12.7. The first-order chi connectivity index (χ1) is 12.1. The zero-order valence-corrected chi connectivity index (χ0v) is 14.8. The van der Waals surface area contributed by atoms with Crippen molar-refractivity contribution < 1.29 is 14.4 Å². The van der Waals surface area contributed by atoms with Crippen LogP contribution in [0.2, 0.25) is 0 Å². The summed E-state index contributed by atoms with van der Waals surface area (Å²) in [6.07, 6.45) is 2.56. The van der Waals surface area contributed by atoms with E-state index in [1.165, 1.54) is 4.90 Å². The summed E-state index contributed by atoms with van der Waals surface area (Å²) in [5.41, 5.74) is 0.605. The van der Waals surface area contributed by atoms with Crippen molar-refractivity contribution in [1.29, 1.82) is 0 Å². The van der Waals surface area contributed by atoms with Crippen LogP contribution >= 0.6 is 11.6 Å². The molecule has 6 nitrogen and oxygen atoms in total. The van der Waals surface area contributed by atoms with Crippen LogP contribution in [0, 0.1) is 0 Å². The highest BCUT2D eigenvalue weighted by Crippen LogP contribution is 2.26. The molecule has 1 aromatic rings. The van der Waals surface area contributed by atoms with Gasteiger partial charge in [-0.1, -0.05) is 18.2 Å². The van der Waals surface area contributed by atoms with E-state index in [1.807, 2.05) is 23.1 Å². The van der Waals surface area contributed by atoms with Crippen LogP contribution in [-0.4, -0.2) is 59.2 Å². The minimum absolute atomic E-state index is 0.00207. The van der Waals surface area contributed by atoms with Gasteiger partial charge in [-0.3, -0.25) is 9.59 Å². The average molecular weight is 364 g/mol. The van der Waals surface area contributed by atoms with Crippen molar-refractivity contribution in [3.05, 3.63) is 30.3 Å². The molecule has 0 aromatic heterocycles. The van der Waals surface area contributed by atoms with Crippen LogP contribution in [0.3, 0.4) is 0 Å². The zero-order chi connectivity index (χ0) is 17.8. The molecule has 1 aromatic carbocycles. The number of urea groups is 1. The number of para-hydroxylation sites is 1. The Morgan fingerprint density at radius 2 is 1.80 bits per heavy atom. The number of amides is 4. The molecule has 2 fully saturated rings. The Morgan fingerprint density at radius 1 is 1.12 bits per heavy atom. The van der Waals surface area contributed by atoms with E-state index in [-0.39, 0.29) is 30.4 Å². The normalized spacial score (nSPS) is 19.0. The van der Waals surface area contributed by atoms with Gasteiger partial charge in [-0.15, -0.1) is 11.6 Å². The molecule has 0 atom stereocenters. The topological polar surface area (TPSA) is 60.9 Å². The standard InChI is InChI=1S/C18H22ClN3O3/c19-10-4-7-16(23)20-11-8-14(9-12-20)21-13-17(24)22(18(21)25)15-5-2-1-3-6-15/h1-3,5-6,14H,4,7-13H2. The van der Waals surface area contributed by atoms with Crippen molar-refractivity contribution in [3.8, 4) is 0 Å². The molecular weight excluding hydrogens is 342 g/mol. The lowest BCUT2D eigenvalue weighted by Crippen LogP contribution is -2.48. The first-order valence-electron chi connectivity index (χ1n) is 8.64. The first kappa shape index (κ1) is 17.7. The summed E-state index contributed by atoms with van der Waals surface area (Å²) in [5, 5.41) is 0. The molecule has 0 aliphatic carbocycles. The molecule has 134 valence electrons. The van der Waals surface area contributed by atoms with Gasteiger partial charge in [0.2, 0.25) is 5.91 Å². The Hall–Kier alpha value is -2.08. The molecule has 0 bridgehead atoms. The van der Waals surface area contributed by atoms with Crippen LogP contribution < -0.4 is 4.90 Å². The Balaban J connectivity index is 1.60. The molecule has 3 rings (SSSR count). The highest BCUT2D eigenvalue weighted by atomic mass is 35.5. The van der Waals surface area contributed by atoms with E-state index >= 15 is 0 Å². The lowest BCUT2D eigenvalue weighted by Gasteiger charge is -2.36. The van der Waals surface area contributed by atoms with Crippen molar-refractivity contribution in [1.82, 2.24) is 9.80 Å². The minimum atomic E-state index is -0.261. The molecular formula is C18H22ClN3O3. The third-order valence-corrected chi connectivity index (χ3v) is 5.06. The van der Waals surface area contributed by atoms with E-state index in [9.17, 15) is 14.4 Å². The maximum Gasteiger partial charge on any atom is 0.332 e. The summed E-state index contributed by atoms with van der Waals surface area (Å²) in [4.78, 5) is 41.8. The minimum Gasteiger partial charge on any atom is -0.343 e. The van der Waals surface area contributed by atoms with E-state index in [0.717, 1.165) is 0 Å². The van der Waals surface area contributed by atoms with Gasteiger partial charge in [-0.05, 0) is 31.4 Å². The number of rotatable bonds is 5. The fourth-order valence-electron chi connectivity index (χ4n) is 3.44. The molecule has 25 heavy (non-hydrogen) atoms. The van der Waals surface area contributed by atoms with E-state index in [2.05, 4.69) is 0 Å². The highest BCUT2D eigenvalue weighted by molar-refractivity contribution is 6.19. The number of carbonyl (C=O) groups excluding carboxylic acids is 3. The third kappa shape index (κ3) is 3.79. The smallest absolute Gasteiger partial charge is 0.332 e. The molecule has 2 aliphatic heterocycles. The van der Waals surface area contributed by atoms with Gasteiger partial charge in [-0.2, -0.15) is 0 Å². The van der Waals surface area contributed by atoms with Gasteiger partial charge in [0, 0.05) is 31.4 Å². The second kappa shape index (κ2) is 7.87. The number of alkyl halides is 1. The molecule has 2 heterocycles. The van der Waals surface area contributed by atoms with Gasteiger partial charge in [0.05, 0.1) is 5.69 Å². The van der Waals surface area contributed by atoms with Crippen LogP contribution in [-0.2, 0) is 9.59 Å². The molecule has 0 saturated carbocycles. The van der Waals surface area contributed by atoms with E-state index in [1.54, 1.807) is 17.0 Å². The fraction of sp³-hybridized carbons (Fsp3) is 0.500. The summed E-state index contributed by atoms with van der Waals surface area (Å²) in [7, 11) is 0. The van der Waals surface area contributed by atoms with Crippen LogP contribution in [0.1, 0.15) is 25.7 Å². The number of piperidine rings is 1. The largest absolute Gasteiger partial charge is 0.343 e. The van der Waals surface area contributed by atoms with Crippen molar-refractivity contribution in [2.45, 2.75) is 31.7 Å². The molecule has 2 aliphatic rings. The van der Waals surface area contributed by atoms with Gasteiger partial charge in [0.1, 0.15) is 6.54 Å². The second-order valence-corrected chi connectivity index (χ2v) is 6.76. The van der Waals surface area contributed by atoms with Gasteiger partial charge in [0.25, 0.3) is 5.91 Å². The van der Waals surface area contributed by atoms with Gasteiger partial charge < -0.3 is 9.80 Å². The Morgan fingerprint density at radius 3 is 2.44 bits per heavy atom. The first-order valence-corrected chi connectivity index (χ1v) is 9.17. The predicted octanol–water partition coefficient (Wildman–Crippen LogP) is 2.47. The lowest BCUT2D eigenvalue weighted by atomic mass is 10.0. The van der Waals surface area contributed by atoms with Gasteiger partial charge in [-0.25, -0.2) is 9.69 Å². The summed E-state index contributed by atoms with van der Waals surface area (Å²) in [5.74, 6) is 0.410. The number of hydrogen-bond acceptors (Lipinski definition) is 3. The number of hydrogen-bond donors (Lipinski definition) is 0. The number of halogens is 1. The molecule has 4 amide bonds. The van der Waals surface area contributed by atoms with Crippen LogP contribution in [0.15, 0.2) is 30.3 Å². The predicted molar refractivity (Wildman–Crippen MR) is 95.6 cm³/mol. The van der Waals surface area contributed by atoms with E-state index < -0.39 is 0 Å². The SMILES string of the molecule is O=C(CCCCl)N1CCC(N2CC(=O)N(c3ccccc3)C2=O)CC1. The van der Waals surface area contributed by atoms with Crippen LogP contribution in [0.5, 0.6) is 0 Å². The fourth-order valence-corrected chi connectivity index (χ4v) is 3.57. The van der Waals surface area contributed by atoms with E-state index in [4.69, 9.17) is 11.6 Å². The molecule has 0 radical (unpaired) electrons. The molecule has 0 unspecified atom stereocenters. The number of likely N-dealkylation sites (tertiary alicyclic amines) is 1. The summed E-state index contributed by atoms with van der Waals surface area (Å²) in [6.45, 7) is 1.35. The Bertz CT molecular complexity index is 644. The average Bonchev–Trinajstić information content (AvgIpc) is 2.95. The molecule has 2 saturated heterocycles. The Kier molecular flexibility index (Phi) is 5.58. The summed E-state index contributed by atoms with van der Waals surface area (Å²) < 4.78 is 0. The van der Waals surface area contributed by atoms with Crippen molar-refractivity contribution in [2.75, 3.05) is 30.4 Å². The van der Waals surface area contributed by atoms with E-state index in [0.29, 0.717) is 50.3 Å². The van der Waals surface area contributed by atoms with Crippen molar-refractivity contribution in [2.24, 2.45) is 0 Å². The number of anilines is 1.